The normalized spacial score (nSPS) is 12.8. The molecule has 2 aromatic carbocycles. The summed E-state index contributed by atoms with van der Waals surface area (Å²) in [6.07, 6.45) is 0.690. The highest BCUT2D eigenvalue weighted by molar-refractivity contribution is 7.20. The largest absolute Gasteiger partial charge is 0.486 e. The van der Waals surface area contributed by atoms with Crippen molar-refractivity contribution < 1.29 is 18.7 Å². The van der Waals surface area contributed by atoms with Gasteiger partial charge >= 0.3 is 0 Å². The van der Waals surface area contributed by atoms with Crippen molar-refractivity contribution in [2.45, 2.75) is 13.3 Å². The number of amides is 1. The lowest BCUT2D eigenvalue weighted by Gasteiger charge is -2.18. The molecule has 0 saturated carbocycles. The molecule has 0 fully saturated rings. The molecule has 0 spiro atoms. The van der Waals surface area contributed by atoms with Gasteiger partial charge in [-0.05, 0) is 61.4 Å². The van der Waals surface area contributed by atoms with Crippen LogP contribution in [-0.4, -0.2) is 35.4 Å². The number of carbonyl (C=O) groups is 1. The Kier molecular flexibility index (Phi) is 5.07. The molecule has 1 aliphatic heterocycles. The summed E-state index contributed by atoms with van der Waals surface area (Å²) >= 11 is 1.37. The molecule has 3 heterocycles. The fraction of sp³-hybridized carbons (Fsp3) is 0.217. The molecule has 5 rings (SSSR count). The number of aromatic nitrogens is 2. The molecule has 6 nitrogen and oxygen atoms in total. The molecule has 31 heavy (non-hydrogen) atoms. The van der Waals surface area contributed by atoms with E-state index in [0.717, 1.165) is 38.7 Å². The van der Waals surface area contributed by atoms with Crippen LogP contribution in [0, 0.1) is 12.7 Å². The van der Waals surface area contributed by atoms with Crippen LogP contribution in [0.25, 0.3) is 15.9 Å². The van der Waals surface area contributed by atoms with Crippen LogP contribution in [0.15, 0.2) is 48.5 Å². The molecule has 0 bridgehead atoms. The number of aryl methyl sites for hydroxylation is 1. The summed E-state index contributed by atoms with van der Waals surface area (Å²) in [7, 11) is 0. The van der Waals surface area contributed by atoms with Crippen molar-refractivity contribution in [1.82, 2.24) is 15.1 Å². The van der Waals surface area contributed by atoms with E-state index in [1.54, 1.807) is 16.8 Å². The lowest BCUT2D eigenvalue weighted by atomic mass is 10.1. The predicted molar refractivity (Wildman–Crippen MR) is 117 cm³/mol. The van der Waals surface area contributed by atoms with Crippen molar-refractivity contribution in [2.75, 3.05) is 19.8 Å². The van der Waals surface area contributed by atoms with Crippen LogP contribution in [0.5, 0.6) is 11.5 Å². The highest BCUT2D eigenvalue weighted by Crippen LogP contribution is 2.32. The van der Waals surface area contributed by atoms with E-state index in [-0.39, 0.29) is 11.7 Å². The summed E-state index contributed by atoms with van der Waals surface area (Å²) in [5.74, 6) is 1.09. The molecule has 0 aliphatic carbocycles. The van der Waals surface area contributed by atoms with E-state index in [1.807, 2.05) is 31.2 Å². The number of fused-ring (bicyclic) bond motifs is 2. The van der Waals surface area contributed by atoms with Gasteiger partial charge in [0.05, 0.1) is 16.3 Å². The quantitative estimate of drug-likeness (QED) is 0.506. The maximum Gasteiger partial charge on any atom is 0.261 e. The number of benzene rings is 2. The lowest BCUT2D eigenvalue weighted by Crippen LogP contribution is -2.25. The first-order valence-electron chi connectivity index (χ1n) is 10.0. The molecule has 8 heteroatoms. The van der Waals surface area contributed by atoms with E-state index in [4.69, 9.17) is 9.47 Å². The summed E-state index contributed by atoms with van der Waals surface area (Å²) < 4.78 is 26.2. The molecule has 4 aromatic rings. The van der Waals surface area contributed by atoms with Gasteiger partial charge in [0.2, 0.25) is 0 Å². The number of halogens is 1. The van der Waals surface area contributed by atoms with Crippen molar-refractivity contribution in [3.05, 3.63) is 70.5 Å². The van der Waals surface area contributed by atoms with Crippen molar-refractivity contribution >= 4 is 27.5 Å². The number of ether oxygens (including phenoxy) is 2. The number of hydrogen-bond donors (Lipinski definition) is 1. The van der Waals surface area contributed by atoms with Gasteiger partial charge in [-0.1, -0.05) is 6.07 Å². The topological polar surface area (TPSA) is 65.4 Å². The fourth-order valence-electron chi connectivity index (χ4n) is 3.57. The van der Waals surface area contributed by atoms with E-state index >= 15 is 0 Å². The Balaban J connectivity index is 1.29. The third-order valence-electron chi connectivity index (χ3n) is 5.15. The second kappa shape index (κ2) is 8.03. The van der Waals surface area contributed by atoms with Crippen LogP contribution in [-0.2, 0) is 6.42 Å². The van der Waals surface area contributed by atoms with E-state index < -0.39 is 0 Å². The summed E-state index contributed by atoms with van der Waals surface area (Å²) in [4.78, 5) is 14.2. The fourth-order valence-corrected chi connectivity index (χ4v) is 4.67. The minimum atomic E-state index is -0.298. The van der Waals surface area contributed by atoms with Gasteiger partial charge in [0.25, 0.3) is 5.91 Å². The van der Waals surface area contributed by atoms with E-state index in [9.17, 15) is 9.18 Å². The second-order valence-corrected chi connectivity index (χ2v) is 8.32. The zero-order chi connectivity index (χ0) is 21.4. The SMILES string of the molecule is Cc1nn(-c2ccc(F)cc2)c2sc(C(=O)NCCc3ccc4c(c3)OCCO4)cc12. The summed E-state index contributed by atoms with van der Waals surface area (Å²) in [5.41, 5.74) is 2.65. The Labute approximate surface area is 182 Å². The van der Waals surface area contributed by atoms with Crippen LogP contribution in [0.3, 0.4) is 0 Å². The third kappa shape index (κ3) is 3.86. The van der Waals surface area contributed by atoms with E-state index in [1.165, 1.54) is 23.5 Å². The Hall–Kier alpha value is -3.39. The van der Waals surface area contributed by atoms with E-state index in [2.05, 4.69) is 10.4 Å². The highest BCUT2D eigenvalue weighted by atomic mass is 32.1. The van der Waals surface area contributed by atoms with Crippen molar-refractivity contribution in [3.63, 3.8) is 0 Å². The molecule has 0 radical (unpaired) electrons. The van der Waals surface area contributed by atoms with E-state index in [0.29, 0.717) is 31.1 Å². The molecule has 1 amide bonds. The number of nitrogens with one attached hydrogen (secondary N) is 1. The van der Waals surface area contributed by atoms with Crippen LogP contribution in [0.4, 0.5) is 4.39 Å². The standard InChI is InChI=1S/C23H20FN3O3S/c1-14-18-13-21(31-23(18)27(26-14)17-5-3-16(24)4-6-17)22(28)25-9-8-15-2-7-19-20(12-15)30-11-10-29-19/h2-7,12-13H,8-11H2,1H3,(H,25,28). The first-order chi connectivity index (χ1) is 15.1. The van der Waals surface area contributed by atoms with Gasteiger partial charge in [0.1, 0.15) is 23.9 Å². The molecule has 0 saturated heterocycles. The second-order valence-electron chi connectivity index (χ2n) is 7.29. The summed E-state index contributed by atoms with van der Waals surface area (Å²) in [6, 6.07) is 13.9. The first-order valence-corrected chi connectivity index (χ1v) is 10.8. The zero-order valence-electron chi connectivity index (χ0n) is 16.9. The van der Waals surface area contributed by atoms with Crippen LogP contribution < -0.4 is 14.8 Å². The molecule has 0 unspecified atom stereocenters. The molecular formula is C23H20FN3O3S. The average Bonchev–Trinajstić information content (AvgIpc) is 3.35. The lowest BCUT2D eigenvalue weighted by molar-refractivity contribution is 0.0958. The Morgan fingerprint density at radius 3 is 2.71 bits per heavy atom. The first kappa shape index (κ1) is 19.6. The summed E-state index contributed by atoms with van der Waals surface area (Å²) in [6.45, 7) is 3.53. The monoisotopic (exact) mass is 437 g/mol. The number of hydrogen-bond acceptors (Lipinski definition) is 5. The number of rotatable bonds is 5. The van der Waals surface area contributed by atoms with Gasteiger partial charge < -0.3 is 14.8 Å². The van der Waals surface area contributed by atoms with Crippen molar-refractivity contribution in [1.29, 1.82) is 0 Å². The minimum absolute atomic E-state index is 0.121. The van der Waals surface area contributed by atoms with Gasteiger partial charge in [-0.3, -0.25) is 4.79 Å². The molecule has 158 valence electrons. The molecule has 0 atom stereocenters. The van der Waals surface area contributed by atoms with Crippen LogP contribution in [0.2, 0.25) is 0 Å². The van der Waals surface area contributed by atoms with Gasteiger partial charge in [0.15, 0.2) is 11.5 Å². The van der Waals surface area contributed by atoms with Crippen LogP contribution in [0.1, 0.15) is 20.9 Å². The molecule has 2 aromatic heterocycles. The van der Waals surface area contributed by atoms with Crippen molar-refractivity contribution in [3.8, 4) is 17.2 Å². The zero-order valence-corrected chi connectivity index (χ0v) is 17.7. The molecule has 1 aliphatic rings. The van der Waals surface area contributed by atoms with Gasteiger partial charge in [-0.15, -0.1) is 11.3 Å². The van der Waals surface area contributed by atoms with Gasteiger partial charge in [-0.2, -0.15) is 5.10 Å². The Morgan fingerprint density at radius 1 is 1.13 bits per heavy atom. The Bertz CT molecular complexity index is 1260. The predicted octanol–water partition coefficient (Wildman–Crippen LogP) is 4.28. The maximum atomic E-state index is 13.3. The average molecular weight is 437 g/mol. The third-order valence-corrected chi connectivity index (χ3v) is 6.25. The van der Waals surface area contributed by atoms with Gasteiger partial charge in [0, 0.05) is 11.9 Å². The molecule has 1 N–H and O–H groups in total. The van der Waals surface area contributed by atoms with Crippen molar-refractivity contribution in [2.24, 2.45) is 0 Å². The number of nitrogens with zero attached hydrogens (tertiary/aromatic N) is 2. The molecular weight excluding hydrogens is 417 g/mol. The highest BCUT2D eigenvalue weighted by Gasteiger charge is 2.17. The number of carbonyl (C=O) groups excluding carboxylic acids is 1. The smallest absolute Gasteiger partial charge is 0.261 e. The van der Waals surface area contributed by atoms with Crippen LogP contribution >= 0.6 is 11.3 Å². The number of thiophene rings is 1. The summed E-state index contributed by atoms with van der Waals surface area (Å²) in [5, 5.41) is 8.45. The minimum Gasteiger partial charge on any atom is -0.486 e. The maximum absolute atomic E-state index is 13.3. The van der Waals surface area contributed by atoms with Gasteiger partial charge in [-0.25, -0.2) is 9.07 Å². The Morgan fingerprint density at radius 2 is 1.90 bits per heavy atom.